The maximum Gasteiger partial charge on any atom is 2.00 e. The maximum atomic E-state index is 9.25. The van der Waals surface area contributed by atoms with Gasteiger partial charge in [0.15, 0.2) is 0 Å². The zero-order chi connectivity index (χ0) is 15.0. The fraction of sp³-hybridized carbons (Fsp3) is 0.412. The Morgan fingerprint density at radius 1 is 1.10 bits per heavy atom. The Morgan fingerprint density at radius 2 is 1.71 bits per heavy atom. The molecule has 0 heterocycles. The summed E-state index contributed by atoms with van der Waals surface area (Å²) in [6, 6.07) is 14.1. The van der Waals surface area contributed by atoms with Crippen molar-refractivity contribution in [1.82, 2.24) is 9.80 Å². The van der Waals surface area contributed by atoms with E-state index < -0.39 is 0 Å². The first-order valence-corrected chi connectivity index (χ1v) is 6.88. The average molecular weight is 330 g/mol. The first-order valence-electron chi connectivity index (χ1n) is 6.88. The third kappa shape index (κ3) is 7.60. The molecule has 118 valence electrons. The monoisotopic (exact) mass is 330 g/mol. The molecule has 21 heavy (non-hydrogen) atoms. The number of aliphatic hydroxyl groups excluding tert-OH is 1. The molecule has 2 rings (SSSR count). The Labute approximate surface area is 139 Å². The molecule has 0 atom stereocenters. The molecule has 0 aliphatic heterocycles. The Morgan fingerprint density at radius 3 is 2.10 bits per heavy atom. The molecular weight excluding hydrogens is 304 g/mol. The van der Waals surface area contributed by atoms with Crippen molar-refractivity contribution in [3.8, 4) is 0 Å². The van der Waals surface area contributed by atoms with Gasteiger partial charge in [-0.05, 0) is 34.7 Å². The number of hydrogen-bond donors (Lipinski definition) is 1. The van der Waals surface area contributed by atoms with Gasteiger partial charge in [0.25, 0.3) is 0 Å². The third-order valence-electron chi connectivity index (χ3n) is 2.95. The minimum absolute atomic E-state index is 0. The molecule has 0 amide bonds. The second kappa shape index (κ2) is 10.8. The van der Waals surface area contributed by atoms with E-state index in [4.69, 9.17) is 0 Å². The summed E-state index contributed by atoms with van der Waals surface area (Å²) in [4.78, 5) is 4.28. The summed E-state index contributed by atoms with van der Waals surface area (Å²) in [5.41, 5.74) is 3.65. The van der Waals surface area contributed by atoms with Gasteiger partial charge in [0.05, 0.1) is 0 Å². The van der Waals surface area contributed by atoms with Crippen LogP contribution in [0.2, 0.25) is 0 Å². The van der Waals surface area contributed by atoms with Crippen molar-refractivity contribution < 1.29 is 22.2 Å². The summed E-state index contributed by atoms with van der Waals surface area (Å²) in [7, 11) is 8.22. The molecule has 0 bridgehead atoms. The van der Waals surface area contributed by atoms with Crippen LogP contribution in [0.1, 0.15) is 16.7 Å². The molecule has 0 saturated carbocycles. The molecular formula is C17H26FeN2O. The van der Waals surface area contributed by atoms with Gasteiger partial charge in [-0.3, -0.25) is 0 Å². The fourth-order valence-corrected chi connectivity index (χ4v) is 2.09. The van der Waals surface area contributed by atoms with E-state index in [1.807, 2.05) is 50.5 Å². The van der Waals surface area contributed by atoms with Crippen LogP contribution in [0.5, 0.6) is 0 Å². The van der Waals surface area contributed by atoms with E-state index in [0.717, 1.165) is 18.7 Å². The summed E-state index contributed by atoms with van der Waals surface area (Å²) in [5.74, 6) is 0. The van der Waals surface area contributed by atoms with Crippen LogP contribution in [-0.2, 0) is 36.8 Å². The Kier molecular flexibility index (Phi) is 10.3. The molecule has 0 aromatic heterocycles. The van der Waals surface area contributed by atoms with E-state index in [1.165, 1.54) is 11.1 Å². The molecule has 0 aliphatic carbocycles. The van der Waals surface area contributed by atoms with Crippen LogP contribution in [0.15, 0.2) is 42.5 Å². The van der Waals surface area contributed by atoms with Crippen molar-refractivity contribution in [2.24, 2.45) is 0 Å². The van der Waals surface area contributed by atoms with E-state index in [2.05, 4.69) is 30.0 Å². The average Bonchev–Trinajstić information content (AvgIpc) is 3.02. The van der Waals surface area contributed by atoms with Crippen molar-refractivity contribution >= 4 is 0 Å². The van der Waals surface area contributed by atoms with Crippen molar-refractivity contribution in [2.45, 2.75) is 19.7 Å². The van der Waals surface area contributed by atoms with E-state index in [0.29, 0.717) is 0 Å². The van der Waals surface area contributed by atoms with Gasteiger partial charge in [-0.25, -0.2) is 18.2 Å². The van der Waals surface area contributed by atoms with E-state index in [1.54, 1.807) is 0 Å². The minimum Gasteiger partial charge on any atom is -0.405 e. The SMILES string of the molecule is CN(C)Cc1c(CO)cc[c-]1CN(C)C.[Fe+2].c1cc[cH-]c1. The summed E-state index contributed by atoms with van der Waals surface area (Å²) in [6.07, 6.45) is 0. The van der Waals surface area contributed by atoms with Gasteiger partial charge >= 0.3 is 17.1 Å². The van der Waals surface area contributed by atoms with Crippen LogP contribution in [0, 0.1) is 0 Å². The largest absolute Gasteiger partial charge is 2.00 e. The van der Waals surface area contributed by atoms with Crippen molar-refractivity contribution in [1.29, 1.82) is 0 Å². The van der Waals surface area contributed by atoms with Crippen LogP contribution in [0.3, 0.4) is 0 Å². The summed E-state index contributed by atoms with van der Waals surface area (Å²) in [5, 5.41) is 9.25. The first-order chi connectivity index (χ1) is 9.54. The molecule has 0 spiro atoms. The van der Waals surface area contributed by atoms with E-state index >= 15 is 0 Å². The molecule has 0 fully saturated rings. The molecule has 0 radical (unpaired) electrons. The maximum absolute atomic E-state index is 9.25. The topological polar surface area (TPSA) is 26.7 Å². The van der Waals surface area contributed by atoms with Gasteiger partial charge in [0, 0.05) is 13.2 Å². The van der Waals surface area contributed by atoms with E-state index in [9.17, 15) is 5.11 Å². The molecule has 4 heteroatoms. The summed E-state index contributed by atoms with van der Waals surface area (Å²) < 4.78 is 0. The molecule has 1 N–H and O–H groups in total. The standard InChI is InChI=1S/C12H21N2O.C5H5.Fe/c1-13(2)7-10-5-6-11(9-15)12(10)8-14(3)4;1-2-4-5-3-1;/h5-6,15H,7-9H2,1-4H3;1-5H;/q2*-1;+2. The molecule has 2 aromatic carbocycles. The molecule has 0 unspecified atom stereocenters. The second-order valence-corrected chi connectivity index (χ2v) is 5.46. The van der Waals surface area contributed by atoms with Gasteiger partial charge < -0.3 is 14.9 Å². The predicted molar refractivity (Wildman–Crippen MR) is 84.8 cm³/mol. The summed E-state index contributed by atoms with van der Waals surface area (Å²) in [6.45, 7) is 1.96. The van der Waals surface area contributed by atoms with Crippen LogP contribution < -0.4 is 0 Å². The smallest absolute Gasteiger partial charge is 0.405 e. The quantitative estimate of drug-likeness (QED) is 0.674. The number of aliphatic hydroxyl groups is 1. The summed E-state index contributed by atoms with van der Waals surface area (Å²) >= 11 is 0. The minimum atomic E-state index is 0. The van der Waals surface area contributed by atoms with Gasteiger partial charge in [-0.2, -0.15) is 29.8 Å². The molecule has 0 aliphatic rings. The van der Waals surface area contributed by atoms with Crippen molar-refractivity contribution in [2.75, 3.05) is 28.2 Å². The van der Waals surface area contributed by atoms with Crippen LogP contribution >= 0.6 is 0 Å². The van der Waals surface area contributed by atoms with Gasteiger partial charge in [-0.15, -0.1) is 11.1 Å². The normalized spacial score (nSPS) is 10.2. The van der Waals surface area contributed by atoms with E-state index in [-0.39, 0.29) is 23.7 Å². The number of rotatable bonds is 5. The zero-order valence-corrected chi connectivity index (χ0v) is 14.5. The number of nitrogens with zero attached hydrogens (tertiary/aromatic N) is 2. The van der Waals surface area contributed by atoms with Crippen molar-refractivity contribution in [3.63, 3.8) is 0 Å². The Balaban J connectivity index is 0.000000562. The first kappa shape index (κ1) is 20.1. The molecule has 3 nitrogen and oxygen atoms in total. The fourth-order valence-electron chi connectivity index (χ4n) is 2.09. The van der Waals surface area contributed by atoms with Crippen molar-refractivity contribution in [3.05, 3.63) is 59.2 Å². The second-order valence-electron chi connectivity index (χ2n) is 5.46. The number of hydrogen-bond acceptors (Lipinski definition) is 3. The van der Waals surface area contributed by atoms with Crippen LogP contribution in [-0.4, -0.2) is 43.1 Å². The van der Waals surface area contributed by atoms with Gasteiger partial charge in [0.2, 0.25) is 0 Å². The van der Waals surface area contributed by atoms with Crippen LogP contribution in [0.4, 0.5) is 0 Å². The van der Waals surface area contributed by atoms with Gasteiger partial charge in [0.1, 0.15) is 0 Å². The van der Waals surface area contributed by atoms with Gasteiger partial charge in [-0.1, -0.05) is 0 Å². The Hall–Kier alpha value is -0.901. The zero-order valence-electron chi connectivity index (χ0n) is 13.4. The molecule has 2 aromatic rings. The molecule has 0 saturated heterocycles. The van der Waals surface area contributed by atoms with Crippen LogP contribution in [0.25, 0.3) is 0 Å². The Bertz CT molecular complexity index is 444. The predicted octanol–water partition coefficient (Wildman–Crippen LogP) is 2.42. The third-order valence-corrected chi connectivity index (χ3v) is 2.95.